The minimum atomic E-state index is -0.754. The molecule has 2 amide bonds. The molecule has 1 heterocycles. The van der Waals surface area contributed by atoms with E-state index in [0.717, 1.165) is 18.4 Å². The van der Waals surface area contributed by atoms with Crippen LogP contribution in [0.1, 0.15) is 68.3 Å². The van der Waals surface area contributed by atoms with E-state index in [9.17, 15) is 14.4 Å². The molecule has 3 N–H and O–H groups in total. The highest BCUT2D eigenvalue weighted by molar-refractivity contribution is 6.06. The van der Waals surface area contributed by atoms with Gasteiger partial charge < -0.3 is 15.2 Å². The van der Waals surface area contributed by atoms with Crippen molar-refractivity contribution in [3.8, 4) is 5.75 Å². The Kier molecular flexibility index (Phi) is 10.5. The number of imide groups is 1. The molecule has 0 aliphatic heterocycles. The zero-order valence-electron chi connectivity index (χ0n) is 18.3. The Hall–Kier alpha value is -3.00. The smallest absolute Gasteiger partial charge is 0.340 e. The molecule has 0 fully saturated rings. The Morgan fingerprint density at radius 1 is 1.20 bits per heavy atom. The van der Waals surface area contributed by atoms with E-state index in [1.165, 1.54) is 17.8 Å². The lowest BCUT2D eigenvalue weighted by Crippen LogP contribution is -2.36. The Morgan fingerprint density at radius 2 is 1.90 bits per heavy atom. The molecular weight excluding hydrogens is 386 g/mol. The molecule has 1 aromatic heterocycles. The summed E-state index contributed by atoms with van der Waals surface area (Å²) in [5, 5.41) is 2.11. The number of nitrogens with two attached hydrogens (primary N) is 1. The summed E-state index contributed by atoms with van der Waals surface area (Å²) in [6, 6.07) is 1.38. The van der Waals surface area contributed by atoms with Gasteiger partial charge in [0.2, 0.25) is 5.91 Å². The van der Waals surface area contributed by atoms with Crippen LogP contribution in [-0.2, 0) is 9.53 Å². The van der Waals surface area contributed by atoms with E-state index in [1.54, 1.807) is 13.8 Å². The van der Waals surface area contributed by atoms with Crippen molar-refractivity contribution in [1.29, 1.82) is 0 Å². The summed E-state index contributed by atoms with van der Waals surface area (Å²) >= 11 is 0. The summed E-state index contributed by atoms with van der Waals surface area (Å²) in [7, 11) is 0. The van der Waals surface area contributed by atoms with Gasteiger partial charge in [0.1, 0.15) is 6.61 Å². The second-order valence-electron chi connectivity index (χ2n) is 7.29. The lowest BCUT2D eigenvalue weighted by Gasteiger charge is -2.14. The Bertz CT molecular complexity index is 824. The maximum atomic E-state index is 12.3. The van der Waals surface area contributed by atoms with Gasteiger partial charge in [-0.15, -0.1) is 0 Å². The highest BCUT2D eigenvalue weighted by Gasteiger charge is 2.20. The van der Waals surface area contributed by atoms with E-state index in [4.69, 9.17) is 15.2 Å². The molecule has 164 valence electrons. The number of carbonyl (C=O) groups is 3. The van der Waals surface area contributed by atoms with Gasteiger partial charge in [-0.2, -0.15) is 0 Å². The van der Waals surface area contributed by atoms with Crippen molar-refractivity contribution in [3.63, 3.8) is 0 Å². The number of hydrogen-bond acceptors (Lipinski definition) is 7. The van der Waals surface area contributed by atoms with E-state index in [1.807, 2.05) is 13.0 Å². The van der Waals surface area contributed by atoms with Crippen molar-refractivity contribution in [2.75, 3.05) is 13.2 Å². The number of ether oxygens (including phenoxy) is 2. The molecule has 30 heavy (non-hydrogen) atoms. The van der Waals surface area contributed by atoms with Crippen LogP contribution in [0.5, 0.6) is 5.75 Å². The molecule has 8 heteroatoms. The molecule has 1 aromatic rings. The number of nitrogens with zero attached hydrogens (tertiary/aromatic N) is 1. The van der Waals surface area contributed by atoms with Crippen LogP contribution in [0.4, 0.5) is 0 Å². The predicted octanol–water partition coefficient (Wildman–Crippen LogP) is 2.93. The molecule has 0 aliphatic rings. The molecule has 0 spiro atoms. The average molecular weight is 418 g/mol. The third-order valence-electron chi connectivity index (χ3n) is 3.84. The normalized spacial score (nSPS) is 11.1. The summed E-state index contributed by atoms with van der Waals surface area (Å²) in [5.74, 6) is -1.91. The third-order valence-corrected chi connectivity index (χ3v) is 3.84. The first-order valence-corrected chi connectivity index (χ1v) is 9.81. The largest absolute Gasteiger partial charge is 0.489 e. The fourth-order valence-electron chi connectivity index (χ4n) is 2.34. The van der Waals surface area contributed by atoms with E-state index in [0.29, 0.717) is 0 Å². The van der Waals surface area contributed by atoms with Gasteiger partial charge in [-0.25, -0.2) is 9.78 Å². The highest BCUT2D eigenvalue weighted by Crippen LogP contribution is 2.20. The second kappa shape index (κ2) is 12.5. The summed E-state index contributed by atoms with van der Waals surface area (Å²) in [6.07, 6.45) is 6.78. The third kappa shape index (κ3) is 9.00. The number of rotatable bonds is 10. The van der Waals surface area contributed by atoms with Crippen LogP contribution in [-0.4, -0.2) is 42.0 Å². The van der Waals surface area contributed by atoms with E-state index >= 15 is 0 Å². The summed E-state index contributed by atoms with van der Waals surface area (Å²) in [6.45, 7) is 9.42. The van der Waals surface area contributed by atoms with Crippen molar-refractivity contribution >= 4 is 17.8 Å². The summed E-state index contributed by atoms with van der Waals surface area (Å²) in [5.41, 5.74) is 7.62. The molecule has 0 atom stereocenters. The summed E-state index contributed by atoms with van der Waals surface area (Å²) < 4.78 is 10.9. The van der Waals surface area contributed by atoms with Gasteiger partial charge in [0.15, 0.2) is 11.4 Å². The first-order valence-electron chi connectivity index (χ1n) is 9.81. The zero-order chi connectivity index (χ0) is 22.7. The fraction of sp³-hybridized carbons (Fsp3) is 0.455. The molecule has 0 unspecified atom stereocenters. The fourth-order valence-corrected chi connectivity index (χ4v) is 2.34. The summed E-state index contributed by atoms with van der Waals surface area (Å²) in [4.78, 5) is 39.9. The van der Waals surface area contributed by atoms with Crippen molar-refractivity contribution in [1.82, 2.24) is 10.3 Å². The van der Waals surface area contributed by atoms with Crippen LogP contribution in [0.25, 0.3) is 0 Å². The minimum absolute atomic E-state index is 0.0789. The Labute approximate surface area is 177 Å². The maximum Gasteiger partial charge on any atom is 0.340 e. The van der Waals surface area contributed by atoms with Gasteiger partial charge in [0, 0.05) is 6.20 Å². The lowest BCUT2D eigenvalue weighted by atomic mass is 10.1. The molecule has 0 radical (unpaired) electrons. The molecule has 1 rings (SSSR count). The number of hydrogen-bond donors (Lipinski definition) is 2. The van der Waals surface area contributed by atoms with Gasteiger partial charge in [0.25, 0.3) is 5.91 Å². The molecule has 8 nitrogen and oxygen atoms in total. The standard InChI is InChI=1S/C22H31N3O5/c1-14(2)7-6-8-16(5)9-10-29-22(28)17-11-18(30-15(3)4)20(24-13-17)21(27)25-19(26)12-23/h7,9,11,13,15H,6,8,10,12,23H2,1-5H3,(H,25,26,27). The van der Waals surface area contributed by atoms with E-state index in [2.05, 4.69) is 30.2 Å². The molecular formula is C22H31N3O5. The molecule has 0 bridgehead atoms. The van der Waals surface area contributed by atoms with Crippen molar-refractivity contribution in [2.24, 2.45) is 5.73 Å². The van der Waals surface area contributed by atoms with Gasteiger partial charge in [-0.05, 0) is 59.6 Å². The van der Waals surface area contributed by atoms with Crippen LogP contribution in [0.3, 0.4) is 0 Å². The second-order valence-corrected chi connectivity index (χ2v) is 7.29. The van der Waals surface area contributed by atoms with Crippen LogP contribution >= 0.6 is 0 Å². The van der Waals surface area contributed by atoms with Crippen molar-refractivity contribution in [2.45, 2.75) is 53.6 Å². The van der Waals surface area contributed by atoms with Gasteiger partial charge in [-0.3, -0.25) is 14.9 Å². The van der Waals surface area contributed by atoms with Gasteiger partial charge in [0.05, 0.1) is 18.2 Å². The monoisotopic (exact) mass is 417 g/mol. The quantitative estimate of drug-likeness (QED) is 0.443. The number of amides is 2. The minimum Gasteiger partial charge on any atom is -0.489 e. The SMILES string of the molecule is CC(C)=CCCC(C)=CCOC(=O)c1cnc(C(=O)NC(=O)CN)c(OC(C)C)c1. The molecule has 0 saturated heterocycles. The van der Waals surface area contributed by atoms with Crippen LogP contribution in [0.2, 0.25) is 0 Å². The van der Waals surface area contributed by atoms with Gasteiger partial charge >= 0.3 is 5.97 Å². The predicted molar refractivity (Wildman–Crippen MR) is 114 cm³/mol. The first kappa shape index (κ1) is 25.0. The number of carbonyl (C=O) groups excluding carboxylic acids is 3. The van der Waals surface area contributed by atoms with Crippen LogP contribution < -0.4 is 15.8 Å². The number of nitrogens with one attached hydrogen (secondary N) is 1. The van der Waals surface area contributed by atoms with Crippen LogP contribution in [0, 0.1) is 0 Å². The number of pyridine rings is 1. The molecule has 0 saturated carbocycles. The Morgan fingerprint density at radius 3 is 2.50 bits per heavy atom. The molecule has 0 aromatic carbocycles. The molecule has 0 aliphatic carbocycles. The Balaban J connectivity index is 2.85. The highest BCUT2D eigenvalue weighted by atomic mass is 16.5. The first-order chi connectivity index (χ1) is 14.1. The zero-order valence-corrected chi connectivity index (χ0v) is 18.3. The number of esters is 1. The van der Waals surface area contributed by atoms with E-state index in [-0.39, 0.29) is 36.3 Å². The van der Waals surface area contributed by atoms with E-state index < -0.39 is 17.8 Å². The van der Waals surface area contributed by atoms with Gasteiger partial charge in [-0.1, -0.05) is 17.2 Å². The average Bonchev–Trinajstić information content (AvgIpc) is 2.66. The maximum absolute atomic E-state index is 12.3. The van der Waals surface area contributed by atoms with Crippen LogP contribution in [0.15, 0.2) is 35.6 Å². The number of aromatic nitrogens is 1. The van der Waals surface area contributed by atoms with Crippen molar-refractivity contribution in [3.05, 3.63) is 46.8 Å². The van der Waals surface area contributed by atoms with Crippen molar-refractivity contribution < 1.29 is 23.9 Å². The topological polar surface area (TPSA) is 121 Å². The lowest BCUT2D eigenvalue weighted by molar-refractivity contribution is -0.118. The number of allylic oxidation sites excluding steroid dienone is 3.